The molecule has 3 aromatic carbocycles. The minimum Gasteiger partial charge on any atom is -0.497 e. The van der Waals surface area contributed by atoms with E-state index in [4.69, 9.17) is 9.15 Å². The lowest BCUT2D eigenvalue weighted by atomic mass is 10.0. The van der Waals surface area contributed by atoms with Gasteiger partial charge < -0.3 is 14.5 Å². The Bertz CT molecular complexity index is 1100. The number of benzene rings is 3. The third-order valence-electron chi connectivity index (χ3n) is 4.27. The molecule has 5 heteroatoms. The predicted octanol–water partition coefficient (Wildman–Crippen LogP) is 5.50. The first-order valence-corrected chi connectivity index (χ1v) is 8.38. The molecule has 4 nitrogen and oxygen atoms in total. The number of methoxy groups -OCH3 is 1. The maximum Gasteiger partial charge on any atom is 0.292 e. The van der Waals surface area contributed by atoms with Crippen LogP contribution in [-0.4, -0.2) is 13.0 Å². The molecule has 1 N–H and O–H groups in total. The molecule has 0 aliphatic heterocycles. The zero-order chi connectivity index (χ0) is 18.8. The molecule has 0 fully saturated rings. The number of nitrogens with one attached hydrogen (secondary N) is 1. The molecule has 1 amide bonds. The number of anilines is 1. The van der Waals surface area contributed by atoms with Gasteiger partial charge >= 0.3 is 0 Å². The summed E-state index contributed by atoms with van der Waals surface area (Å²) in [5, 5.41) is 3.57. The highest BCUT2D eigenvalue weighted by atomic mass is 19.1. The molecule has 0 radical (unpaired) electrons. The number of ether oxygens (including phenoxy) is 1. The van der Waals surface area contributed by atoms with E-state index in [0.717, 1.165) is 10.9 Å². The van der Waals surface area contributed by atoms with Crippen LogP contribution in [-0.2, 0) is 0 Å². The van der Waals surface area contributed by atoms with Crippen molar-refractivity contribution < 1.29 is 18.3 Å². The van der Waals surface area contributed by atoms with Crippen molar-refractivity contribution in [2.45, 2.75) is 0 Å². The molecule has 4 aromatic rings. The number of fused-ring (bicyclic) bond motifs is 1. The van der Waals surface area contributed by atoms with Crippen LogP contribution in [0.5, 0.6) is 5.75 Å². The lowest BCUT2D eigenvalue weighted by Crippen LogP contribution is -2.12. The highest BCUT2D eigenvalue weighted by Gasteiger charge is 2.22. The van der Waals surface area contributed by atoms with E-state index in [1.165, 1.54) is 24.3 Å². The van der Waals surface area contributed by atoms with Crippen LogP contribution < -0.4 is 10.1 Å². The van der Waals surface area contributed by atoms with Gasteiger partial charge in [0, 0.05) is 22.7 Å². The van der Waals surface area contributed by atoms with Crippen molar-refractivity contribution in [3.8, 4) is 16.9 Å². The minimum atomic E-state index is -0.407. The van der Waals surface area contributed by atoms with Gasteiger partial charge in [0.2, 0.25) is 5.76 Å². The number of furan rings is 1. The second-order valence-corrected chi connectivity index (χ2v) is 6.00. The fraction of sp³-hybridized carbons (Fsp3) is 0.0455. The van der Waals surface area contributed by atoms with Crippen LogP contribution in [0.1, 0.15) is 10.6 Å². The smallest absolute Gasteiger partial charge is 0.292 e. The predicted molar refractivity (Wildman–Crippen MR) is 103 cm³/mol. The Labute approximate surface area is 155 Å². The van der Waals surface area contributed by atoms with Gasteiger partial charge in [0.05, 0.1) is 7.11 Å². The average Bonchev–Trinajstić information content (AvgIpc) is 3.09. The molecule has 27 heavy (non-hydrogen) atoms. The molecule has 0 spiro atoms. The highest BCUT2D eigenvalue weighted by molar-refractivity contribution is 6.12. The lowest BCUT2D eigenvalue weighted by Gasteiger charge is -2.06. The van der Waals surface area contributed by atoms with Gasteiger partial charge in [-0.3, -0.25) is 4.79 Å². The summed E-state index contributed by atoms with van der Waals surface area (Å²) < 4.78 is 24.2. The number of hydrogen-bond donors (Lipinski definition) is 1. The quantitative estimate of drug-likeness (QED) is 0.522. The monoisotopic (exact) mass is 361 g/mol. The first-order chi connectivity index (χ1) is 13.2. The number of halogens is 1. The molecule has 0 saturated heterocycles. The normalized spacial score (nSPS) is 10.7. The second-order valence-electron chi connectivity index (χ2n) is 6.00. The topological polar surface area (TPSA) is 51.5 Å². The van der Waals surface area contributed by atoms with Gasteiger partial charge in [0.15, 0.2) is 0 Å². The molecular weight excluding hydrogens is 345 g/mol. The van der Waals surface area contributed by atoms with E-state index in [2.05, 4.69) is 5.32 Å². The molecule has 0 atom stereocenters. The standard InChI is InChI=1S/C22H16FNO3/c1-26-17-11-12-18-19(13-17)27-21(20(18)14-5-3-2-4-6-14)22(25)24-16-9-7-15(23)8-10-16/h2-13H,1H3,(H,24,25). The Morgan fingerprint density at radius 1 is 1.00 bits per heavy atom. The summed E-state index contributed by atoms with van der Waals surface area (Å²) in [6.45, 7) is 0. The zero-order valence-electron chi connectivity index (χ0n) is 14.5. The summed E-state index contributed by atoms with van der Waals surface area (Å²) in [6.07, 6.45) is 0. The van der Waals surface area contributed by atoms with Gasteiger partial charge in [0.1, 0.15) is 17.1 Å². The molecule has 0 aliphatic rings. The van der Waals surface area contributed by atoms with Crippen molar-refractivity contribution in [1.82, 2.24) is 0 Å². The van der Waals surface area contributed by atoms with Crippen LogP contribution in [0.2, 0.25) is 0 Å². The van der Waals surface area contributed by atoms with Gasteiger partial charge in [-0.05, 0) is 42.0 Å². The van der Waals surface area contributed by atoms with Crippen LogP contribution in [0.3, 0.4) is 0 Å². The Morgan fingerprint density at radius 3 is 2.44 bits per heavy atom. The maximum atomic E-state index is 13.1. The molecule has 0 bridgehead atoms. The Hall–Kier alpha value is -3.60. The third-order valence-corrected chi connectivity index (χ3v) is 4.27. The van der Waals surface area contributed by atoms with Crippen molar-refractivity contribution >= 4 is 22.6 Å². The molecule has 134 valence electrons. The number of carbonyl (C=O) groups is 1. The van der Waals surface area contributed by atoms with Gasteiger partial charge in [-0.2, -0.15) is 0 Å². The van der Waals surface area contributed by atoms with E-state index in [1.807, 2.05) is 42.5 Å². The van der Waals surface area contributed by atoms with Crippen LogP contribution in [0.4, 0.5) is 10.1 Å². The van der Waals surface area contributed by atoms with Gasteiger partial charge in [0.25, 0.3) is 5.91 Å². The zero-order valence-corrected chi connectivity index (χ0v) is 14.5. The molecule has 4 rings (SSSR count). The summed E-state index contributed by atoms with van der Waals surface area (Å²) in [5.74, 6) is 0.0552. The first kappa shape index (κ1) is 16.8. The summed E-state index contributed by atoms with van der Waals surface area (Å²) in [6, 6.07) is 20.6. The number of rotatable bonds is 4. The van der Waals surface area contributed by atoms with E-state index in [0.29, 0.717) is 22.6 Å². The van der Waals surface area contributed by atoms with E-state index in [-0.39, 0.29) is 11.6 Å². The minimum absolute atomic E-state index is 0.189. The molecule has 1 heterocycles. The summed E-state index contributed by atoms with van der Waals surface area (Å²) >= 11 is 0. The number of amides is 1. The summed E-state index contributed by atoms with van der Waals surface area (Å²) in [4.78, 5) is 12.9. The lowest BCUT2D eigenvalue weighted by molar-refractivity contribution is 0.0999. The molecule has 0 saturated carbocycles. The fourth-order valence-electron chi connectivity index (χ4n) is 2.98. The van der Waals surface area contributed by atoms with E-state index >= 15 is 0 Å². The van der Waals surface area contributed by atoms with Gasteiger partial charge in [-0.1, -0.05) is 30.3 Å². The largest absolute Gasteiger partial charge is 0.497 e. The van der Waals surface area contributed by atoms with Crippen LogP contribution >= 0.6 is 0 Å². The van der Waals surface area contributed by atoms with Crippen molar-refractivity contribution in [2.75, 3.05) is 12.4 Å². The fourth-order valence-corrected chi connectivity index (χ4v) is 2.98. The van der Waals surface area contributed by atoms with Crippen molar-refractivity contribution in [3.63, 3.8) is 0 Å². The molecule has 1 aromatic heterocycles. The third kappa shape index (κ3) is 3.27. The highest BCUT2D eigenvalue weighted by Crippen LogP contribution is 2.36. The Kier molecular flexibility index (Phi) is 4.34. The van der Waals surface area contributed by atoms with Crippen LogP contribution in [0, 0.1) is 5.82 Å². The maximum absolute atomic E-state index is 13.1. The van der Waals surface area contributed by atoms with E-state index < -0.39 is 5.91 Å². The summed E-state index contributed by atoms with van der Waals surface area (Å²) in [7, 11) is 1.57. The molecule has 0 unspecified atom stereocenters. The SMILES string of the molecule is COc1ccc2c(-c3ccccc3)c(C(=O)Nc3ccc(F)cc3)oc2c1. The van der Waals surface area contributed by atoms with Gasteiger partial charge in [-0.15, -0.1) is 0 Å². The van der Waals surface area contributed by atoms with Crippen molar-refractivity contribution in [2.24, 2.45) is 0 Å². The van der Waals surface area contributed by atoms with E-state index in [9.17, 15) is 9.18 Å². The molecule has 0 aliphatic carbocycles. The Morgan fingerprint density at radius 2 is 1.74 bits per heavy atom. The second kappa shape index (κ2) is 6.96. The number of hydrogen-bond acceptors (Lipinski definition) is 3. The van der Waals surface area contributed by atoms with Crippen molar-refractivity contribution in [3.05, 3.63) is 84.4 Å². The van der Waals surface area contributed by atoms with Crippen LogP contribution in [0.15, 0.2) is 77.2 Å². The summed E-state index contributed by atoms with van der Waals surface area (Å²) in [5.41, 5.74) is 2.61. The number of carbonyl (C=O) groups excluding carboxylic acids is 1. The first-order valence-electron chi connectivity index (χ1n) is 8.38. The molecular formula is C22H16FNO3. The van der Waals surface area contributed by atoms with Crippen molar-refractivity contribution in [1.29, 1.82) is 0 Å². The van der Waals surface area contributed by atoms with Gasteiger partial charge in [-0.25, -0.2) is 4.39 Å². The average molecular weight is 361 g/mol. The van der Waals surface area contributed by atoms with E-state index in [1.54, 1.807) is 13.2 Å². The van der Waals surface area contributed by atoms with Crippen LogP contribution in [0.25, 0.3) is 22.1 Å². The Balaban J connectivity index is 1.83.